The third-order valence-corrected chi connectivity index (χ3v) is 5.07. The molecule has 0 radical (unpaired) electrons. The molecule has 0 unspecified atom stereocenters. The van der Waals surface area contributed by atoms with Crippen molar-refractivity contribution in [2.24, 2.45) is 0 Å². The minimum atomic E-state index is -0.114. The van der Waals surface area contributed by atoms with Crippen LogP contribution in [0.3, 0.4) is 0 Å². The van der Waals surface area contributed by atoms with Gasteiger partial charge in [0.1, 0.15) is 0 Å². The number of anilines is 3. The molecule has 3 rings (SSSR count). The van der Waals surface area contributed by atoms with Crippen LogP contribution in [0.1, 0.15) is 29.8 Å². The first-order valence-electron chi connectivity index (χ1n) is 9.37. The number of benzene rings is 2. The average Bonchev–Trinajstić information content (AvgIpc) is 2.68. The molecule has 1 amide bonds. The minimum Gasteiger partial charge on any atom is -0.397 e. The van der Waals surface area contributed by atoms with Crippen molar-refractivity contribution in [3.63, 3.8) is 0 Å². The molecule has 5 nitrogen and oxygen atoms in total. The number of hydrogen-bond donors (Lipinski definition) is 2. The number of nitrogens with zero attached hydrogens (tertiary/aromatic N) is 2. The lowest BCUT2D eigenvalue weighted by atomic mass is 10.1. The number of carbonyl (C=O) groups is 1. The standard InChI is InChI=1S/C21H28N4O/c1-3-16-5-7-17(8-6-16)21(26)23-18-9-10-20(19(22)15-18)25-13-11-24(4-2)12-14-25/h5-10,15H,3-4,11-14,22H2,1-2H3,(H,23,26). The summed E-state index contributed by atoms with van der Waals surface area (Å²) < 4.78 is 0. The van der Waals surface area contributed by atoms with Gasteiger partial charge in [-0.15, -0.1) is 0 Å². The van der Waals surface area contributed by atoms with Gasteiger partial charge in [-0.2, -0.15) is 0 Å². The number of hydrogen-bond acceptors (Lipinski definition) is 4. The maximum absolute atomic E-state index is 12.4. The van der Waals surface area contributed by atoms with Gasteiger partial charge < -0.3 is 20.9 Å². The summed E-state index contributed by atoms with van der Waals surface area (Å²) in [5.41, 5.74) is 10.6. The van der Waals surface area contributed by atoms with E-state index in [9.17, 15) is 4.79 Å². The molecular weight excluding hydrogens is 324 g/mol. The third-order valence-electron chi connectivity index (χ3n) is 5.07. The van der Waals surface area contributed by atoms with Crippen molar-refractivity contribution in [1.82, 2.24) is 4.90 Å². The van der Waals surface area contributed by atoms with Gasteiger partial charge in [-0.3, -0.25) is 4.79 Å². The molecule has 2 aromatic carbocycles. The second-order valence-corrected chi connectivity index (χ2v) is 6.70. The molecule has 5 heteroatoms. The van der Waals surface area contributed by atoms with Crippen molar-refractivity contribution in [2.75, 3.05) is 48.7 Å². The van der Waals surface area contributed by atoms with E-state index >= 15 is 0 Å². The Hall–Kier alpha value is -2.53. The first-order valence-corrected chi connectivity index (χ1v) is 9.37. The first-order chi connectivity index (χ1) is 12.6. The normalized spacial score (nSPS) is 15.1. The Morgan fingerprint density at radius 3 is 2.31 bits per heavy atom. The van der Waals surface area contributed by atoms with Crippen molar-refractivity contribution in [2.45, 2.75) is 20.3 Å². The fraction of sp³-hybridized carbons (Fsp3) is 0.381. The van der Waals surface area contributed by atoms with E-state index in [-0.39, 0.29) is 5.91 Å². The van der Waals surface area contributed by atoms with E-state index in [1.807, 2.05) is 42.5 Å². The fourth-order valence-electron chi connectivity index (χ4n) is 3.32. The number of nitrogens with one attached hydrogen (secondary N) is 1. The van der Waals surface area contributed by atoms with Crippen molar-refractivity contribution in [1.29, 1.82) is 0 Å². The summed E-state index contributed by atoms with van der Waals surface area (Å²) in [6, 6.07) is 13.5. The predicted molar refractivity (Wildman–Crippen MR) is 109 cm³/mol. The van der Waals surface area contributed by atoms with Gasteiger partial charge in [0.15, 0.2) is 0 Å². The van der Waals surface area contributed by atoms with Crippen molar-refractivity contribution >= 4 is 23.0 Å². The number of piperazine rings is 1. The minimum absolute atomic E-state index is 0.114. The largest absolute Gasteiger partial charge is 0.397 e. The highest BCUT2D eigenvalue weighted by molar-refractivity contribution is 6.04. The molecule has 0 saturated carbocycles. The summed E-state index contributed by atoms with van der Waals surface area (Å²) in [6.07, 6.45) is 0.965. The van der Waals surface area contributed by atoms with Crippen LogP contribution in [-0.2, 0) is 6.42 Å². The fourth-order valence-corrected chi connectivity index (χ4v) is 3.32. The summed E-state index contributed by atoms with van der Waals surface area (Å²) in [5.74, 6) is -0.114. The number of nitrogen functional groups attached to an aromatic ring is 1. The van der Waals surface area contributed by atoms with E-state index in [0.29, 0.717) is 11.3 Å². The number of carbonyl (C=O) groups excluding carboxylic acids is 1. The molecule has 2 aromatic rings. The van der Waals surface area contributed by atoms with Gasteiger partial charge in [0.25, 0.3) is 5.91 Å². The zero-order chi connectivity index (χ0) is 18.5. The van der Waals surface area contributed by atoms with Crippen LogP contribution < -0.4 is 16.0 Å². The van der Waals surface area contributed by atoms with Crippen LogP contribution in [0.5, 0.6) is 0 Å². The number of likely N-dealkylation sites (N-methyl/N-ethyl adjacent to an activating group) is 1. The van der Waals surface area contributed by atoms with Crippen LogP contribution in [0.15, 0.2) is 42.5 Å². The van der Waals surface area contributed by atoms with Crippen molar-refractivity contribution in [3.8, 4) is 0 Å². The van der Waals surface area contributed by atoms with Gasteiger partial charge in [0.05, 0.1) is 11.4 Å². The summed E-state index contributed by atoms with van der Waals surface area (Å²) in [5, 5.41) is 2.94. The van der Waals surface area contributed by atoms with Crippen LogP contribution >= 0.6 is 0 Å². The van der Waals surface area contributed by atoms with Crippen LogP contribution in [0.2, 0.25) is 0 Å². The molecule has 0 bridgehead atoms. The number of amides is 1. The molecule has 1 heterocycles. The van der Waals surface area contributed by atoms with E-state index in [1.54, 1.807) is 0 Å². The Morgan fingerprint density at radius 2 is 1.73 bits per heavy atom. The van der Waals surface area contributed by atoms with Gasteiger partial charge in [-0.1, -0.05) is 26.0 Å². The average molecular weight is 352 g/mol. The Kier molecular flexibility index (Phi) is 5.78. The molecule has 1 fully saturated rings. The maximum atomic E-state index is 12.4. The molecule has 0 aliphatic carbocycles. The summed E-state index contributed by atoms with van der Waals surface area (Å²) in [7, 11) is 0. The molecule has 0 atom stereocenters. The van der Waals surface area contributed by atoms with E-state index in [2.05, 4.69) is 29.0 Å². The van der Waals surface area contributed by atoms with Gasteiger partial charge in [0, 0.05) is 37.4 Å². The summed E-state index contributed by atoms with van der Waals surface area (Å²) in [6.45, 7) is 9.46. The molecule has 0 aromatic heterocycles. The molecule has 0 spiro atoms. The van der Waals surface area contributed by atoms with Crippen molar-refractivity contribution < 1.29 is 4.79 Å². The molecular formula is C21H28N4O. The van der Waals surface area contributed by atoms with Crippen LogP contribution in [0.25, 0.3) is 0 Å². The Balaban J connectivity index is 1.66. The highest BCUT2D eigenvalue weighted by Gasteiger charge is 2.18. The van der Waals surface area contributed by atoms with E-state index in [4.69, 9.17) is 5.73 Å². The molecule has 1 aliphatic rings. The lowest BCUT2D eigenvalue weighted by Gasteiger charge is -2.36. The monoisotopic (exact) mass is 352 g/mol. The number of rotatable bonds is 5. The third kappa shape index (κ3) is 4.17. The second kappa shape index (κ2) is 8.23. The van der Waals surface area contributed by atoms with Crippen LogP contribution in [-0.4, -0.2) is 43.5 Å². The van der Waals surface area contributed by atoms with E-state index < -0.39 is 0 Å². The summed E-state index contributed by atoms with van der Waals surface area (Å²) in [4.78, 5) is 17.2. The van der Waals surface area contributed by atoms with Gasteiger partial charge in [-0.25, -0.2) is 0 Å². The van der Waals surface area contributed by atoms with E-state index in [1.165, 1.54) is 5.56 Å². The lowest BCUT2D eigenvalue weighted by molar-refractivity contribution is 0.102. The smallest absolute Gasteiger partial charge is 0.255 e. The predicted octanol–water partition coefficient (Wildman–Crippen LogP) is 3.23. The summed E-state index contributed by atoms with van der Waals surface area (Å²) >= 11 is 0. The first kappa shape index (κ1) is 18.3. The number of aryl methyl sites for hydroxylation is 1. The molecule has 1 aliphatic heterocycles. The Bertz CT molecular complexity index is 749. The Labute approximate surface area is 155 Å². The molecule has 138 valence electrons. The van der Waals surface area contributed by atoms with Gasteiger partial charge in [-0.05, 0) is 48.9 Å². The van der Waals surface area contributed by atoms with Gasteiger partial charge in [0.2, 0.25) is 0 Å². The highest BCUT2D eigenvalue weighted by atomic mass is 16.1. The maximum Gasteiger partial charge on any atom is 0.255 e. The SMILES string of the molecule is CCc1ccc(C(=O)Nc2ccc(N3CCN(CC)CC3)c(N)c2)cc1. The highest BCUT2D eigenvalue weighted by Crippen LogP contribution is 2.27. The second-order valence-electron chi connectivity index (χ2n) is 6.70. The molecule has 26 heavy (non-hydrogen) atoms. The zero-order valence-corrected chi connectivity index (χ0v) is 15.7. The van der Waals surface area contributed by atoms with Gasteiger partial charge >= 0.3 is 0 Å². The molecule has 1 saturated heterocycles. The lowest BCUT2D eigenvalue weighted by Crippen LogP contribution is -2.46. The van der Waals surface area contributed by atoms with Crippen LogP contribution in [0.4, 0.5) is 17.1 Å². The number of nitrogens with two attached hydrogens (primary N) is 1. The van der Waals surface area contributed by atoms with Crippen LogP contribution in [0, 0.1) is 0 Å². The Morgan fingerprint density at radius 1 is 1.04 bits per heavy atom. The zero-order valence-electron chi connectivity index (χ0n) is 15.7. The quantitative estimate of drug-likeness (QED) is 0.811. The van der Waals surface area contributed by atoms with Crippen molar-refractivity contribution in [3.05, 3.63) is 53.6 Å². The van der Waals surface area contributed by atoms with E-state index in [0.717, 1.165) is 50.5 Å². The topological polar surface area (TPSA) is 61.6 Å². The molecule has 3 N–H and O–H groups in total.